The van der Waals surface area contributed by atoms with Crippen LogP contribution in [0.3, 0.4) is 0 Å². The van der Waals surface area contributed by atoms with Crippen molar-refractivity contribution in [2.45, 2.75) is 25.2 Å². The van der Waals surface area contributed by atoms with Crippen LogP contribution >= 0.6 is 0 Å². The number of rotatable bonds is 2. The summed E-state index contributed by atoms with van der Waals surface area (Å²) in [5.41, 5.74) is 1.23. The van der Waals surface area contributed by atoms with Gasteiger partial charge < -0.3 is 0 Å². The van der Waals surface area contributed by atoms with E-state index in [9.17, 15) is 13.6 Å². The smallest absolute Gasteiger partial charge is 0.248 e. The molecule has 0 radical (unpaired) electrons. The Labute approximate surface area is 109 Å². The first-order valence-corrected chi connectivity index (χ1v) is 6.32. The van der Waals surface area contributed by atoms with Crippen molar-refractivity contribution in [2.75, 3.05) is 0 Å². The minimum absolute atomic E-state index is 0.190. The quantitative estimate of drug-likeness (QED) is 0.768. The van der Waals surface area contributed by atoms with Gasteiger partial charge in [0, 0.05) is 35.9 Å². The zero-order valence-electron chi connectivity index (χ0n) is 10.3. The number of aromatic nitrogens is 1. The Balaban J connectivity index is 1.90. The lowest BCUT2D eigenvalue weighted by Crippen LogP contribution is -2.15. The number of fused-ring (bicyclic) bond motifs is 1. The van der Waals surface area contributed by atoms with Crippen molar-refractivity contribution in [2.24, 2.45) is 5.92 Å². The monoisotopic (exact) mass is 261 g/mol. The molecule has 3 rings (SSSR count). The van der Waals surface area contributed by atoms with Crippen molar-refractivity contribution in [3.8, 4) is 0 Å². The summed E-state index contributed by atoms with van der Waals surface area (Å²) in [5.74, 6) is -3.47. The number of benzene rings is 1. The van der Waals surface area contributed by atoms with Gasteiger partial charge in [0.25, 0.3) is 0 Å². The van der Waals surface area contributed by atoms with E-state index < -0.39 is 11.8 Å². The molecule has 1 aromatic heterocycles. The second kappa shape index (κ2) is 4.37. The number of para-hydroxylation sites is 1. The minimum Gasteiger partial charge on any atom is -0.294 e. The molecular weight excluding hydrogens is 248 g/mol. The molecule has 4 heteroatoms. The highest BCUT2D eigenvalue weighted by Gasteiger charge is 2.42. The standard InChI is InChI=1S/C15H13F2NO/c16-15(17)6-5-11(8-15)14(19)12-7-10-3-1-2-4-13(10)18-9-12/h1-4,7,9,11H,5-6,8H2. The third-order valence-electron chi connectivity index (χ3n) is 3.65. The fourth-order valence-corrected chi connectivity index (χ4v) is 2.62. The Morgan fingerprint density at radius 3 is 2.84 bits per heavy atom. The number of halogens is 2. The fraction of sp³-hybridized carbons (Fsp3) is 0.333. The van der Waals surface area contributed by atoms with Crippen LogP contribution in [0.4, 0.5) is 8.78 Å². The summed E-state index contributed by atoms with van der Waals surface area (Å²) in [4.78, 5) is 16.4. The molecule has 0 spiro atoms. The molecule has 1 fully saturated rings. The van der Waals surface area contributed by atoms with Gasteiger partial charge in [-0.3, -0.25) is 9.78 Å². The highest BCUT2D eigenvalue weighted by Crippen LogP contribution is 2.40. The van der Waals surface area contributed by atoms with E-state index in [1.54, 1.807) is 6.07 Å². The predicted octanol–water partition coefficient (Wildman–Crippen LogP) is 3.85. The molecular formula is C15H13F2NO. The van der Waals surface area contributed by atoms with Gasteiger partial charge in [-0.25, -0.2) is 8.78 Å². The summed E-state index contributed by atoms with van der Waals surface area (Å²) in [7, 11) is 0. The van der Waals surface area contributed by atoms with Crippen LogP contribution in [0.15, 0.2) is 36.5 Å². The Hall–Kier alpha value is -1.84. The first-order valence-electron chi connectivity index (χ1n) is 6.32. The fourth-order valence-electron chi connectivity index (χ4n) is 2.62. The molecule has 1 aliphatic carbocycles. The highest BCUT2D eigenvalue weighted by atomic mass is 19.3. The predicted molar refractivity (Wildman–Crippen MR) is 68.4 cm³/mol. The number of pyridine rings is 1. The van der Waals surface area contributed by atoms with Crippen LogP contribution in [-0.2, 0) is 0 Å². The summed E-state index contributed by atoms with van der Waals surface area (Å²) in [6, 6.07) is 9.19. The normalized spacial score (nSPS) is 21.7. The van der Waals surface area contributed by atoms with Gasteiger partial charge in [-0.15, -0.1) is 0 Å². The molecule has 19 heavy (non-hydrogen) atoms. The first-order chi connectivity index (χ1) is 9.05. The number of carbonyl (C=O) groups is 1. The molecule has 1 aromatic carbocycles. The van der Waals surface area contributed by atoms with E-state index in [2.05, 4.69) is 4.98 Å². The average molecular weight is 261 g/mol. The topological polar surface area (TPSA) is 30.0 Å². The van der Waals surface area contributed by atoms with Crippen molar-refractivity contribution in [3.63, 3.8) is 0 Å². The van der Waals surface area contributed by atoms with Crippen LogP contribution in [-0.4, -0.2) is 16.7 Å². The van der Waals surface area contributed by atoms with Gasteiger partial charge in [0.2, 0.25) is 5.92 Å². The van der Waals surface area contributed by atoms with Crippen LogP contribution < -0.4 is 0 Å². The Morgan fingerprint density at radius 1 is 1.32 bits per heavy atom. The van der Waals surface area contributed by atoms with E-state index in [0.717, 1.165) is 10.9 Å². The maximum absolute atomic E-state index is 13.2. The molecule has 0 N–H and O–H groups in total. The lowest BCUT2D eigenvalue weighted by Gasteiger charge is -2.10. The number of nitrogens with zero attached hydrogens (tertiary/aromatic N) is 1. The zero-order valence-corrected chi connectivity index (χ0v) is 10.3. The minimum atomic E-state index is -2.69. The third-order valence-corrected chi connectivity index (χ3v) is 3.65. The summed E-state index contributed by atoms with van der Waals surface area (Å²) in [5, 5.41) is 0.859. The molecule has 0 saturated heterocycles. The maximum Gasteiger partial charge on any atom is 0.248 e. The van der Waals surface area contributed by atoms with Gasteiger partial charge >= 0.3 is 0 Å². The number of ketones is 1. The summed E-state index contributed by atoms with van der Waals surface area (Å²) in [6.07, 6.45) is 1.23. The van der Waals surface area contributed by atoms with Crippen molar-refractivity contribution in [3.05, 3.63) is 42.1 Å². The molecule has 1 heterocycles. The van der Waals surface area contributed by atoms with E-state index in [4.69, 9.17) is 0 Å². The SMILES string of the molecule is O=C(c1cnc2ccccc2c1)C1CCC(F)(F)C1. The van der Waals surface area contributed by atoms with Crippen LogP contribution in [0.5, 0.6) is 0 Å². The van der Waals surface area contributed by atoms with E-state index in [1.165, 1.54) is 6.20 Å². The molecule has 1 atom stereocenters. The lowest BCUT2D eigenvalue weighted by molar-refractivity contribution is 0.00530. The van der Waals surface area contributed by atoms with Crippen LogP contribution in [0.2, 0.25) is 0 Å². The highest BCUT2D eigenvalue weighted by molar-refractivity contribution is 6.00. The largest absolute Gasteiger partial charge is 0.294 e. The molecule has 1 aliphatic rings. The van der Waals surface area contributed by atoms with E-state index >= 15 is 0 Å². The third kappa shape index (κ3) is 2.35. The summed E-state index contributed by atoms with van der Waals surface area (Å²) in [6.45, 7) is 0. The zero-order chi connectivity index (χ0) is 13.5. The van der Waals surface area contributed by atoms with Crippen LogP contribution in [0, 0.1) is 5.92 Å². The van der Waals surface area contributed by atoms with Crippen molar-refractivity contribution >= 4 is 16.7 Å². The lowest BCUT2D eigenvalue weighted by atomic mass is 9.96. The summed E-state index contributed by atoms with van der Waals surface area (Å²) >= 11 is 0. The number of Topliss-reactive ketones (excluding diaryl/α,β-unsaturated/α-hetero) is 1. The van der Waals surface area contributed by atoms with Crippen molar-refractivity contribution in [1.29, 1.82) is 0 Å². The molecule has 0 aliphatic heterocycles. The van der Waals surface area contributed by atoms with Crippen LogP contribution in [0.1, 0.15) is 29.6 Å². The van der Waals surface area contributed by atoms with Crippen LogP contribution in [0.25, 0.3) is 10.9 Å². The van der Waals surface area contributed by atoms with E-state index in [-0.39, 0.29) is 25.0 Å². The molecule has 2 nitrogen and oxygen atoms in total. The first kappa shape index (κ1) is 12.2. The number of alkyl halides is 2. The number of hydrogen-bond donors (Lipinski definition) is 0. The Bertz CT molecular complexity index is 639. The average Bonchev–Trinajstić information content (AvgIpc) is 2.78. The maximum atomic E-state index is 13.2. The van der Waals surface area contributed by atoms with E-state index in [1.807, 2.05) is 24.3 Å². The molecule has 1 unspecified atom stereocenters. The van der Waals surface area contributed by atoms with Gasteiger partial charge in [-0.05, 0) is 18.6 Å². The Morgan fingerprint density at radius 2 is 2.11 bits per heavy atom. The molecule has 2 aromatic rings. The second-order valence-electron chi connectivity index (χ2n) is 5.08. The summed E-state index contributed by atoms with van der Waals surface area (Å²) < 4.78 is 26.3. The number of hydrogen-bond acceptors (Lipinski definition) is 2. The molecule has 0 bridgehead atoms. The van der Waals surface area contributed by atoms with Gasteiger partial charge in [-0.1, -0.05) is 18.2 Å². The van der Waals surface area contributed by atoms with Gasteiger partial charge in [0.05, 0.1) is 5.52 Å². The van der Waals surface area contributed by atoms with Gasteiger partial charge in [-0.2, -0.15) is 0 Å². The molecule has 1 saturated carbocycles. The molecule has 98 valence electrons. The van der Waals surface area contributed by atoms with Crippen molar-refractivity contribution < 1.29 is 13.6 Å². The van der Waals surface area contributed by atoms with Gasteiger partial charge in [0.1, 0.15) is 0 Å². The van der Waals surface area contributed by atoms with Crippen molar-refractivity contribution in [1.82, 2.24) is 4.98 Å². The van der Waals surface area contributed by atoms with Gasteiger partial charge in [0.15, 0.2) is 5.78 Å². The molecule has 0 amide bonds. The number of carbonyl (C=O) groups excluding carboxylic acids is 1. The van der Waals surface area contributed by atoms with E-state index in [0.29, 0.717) is 5.56 Å². The second-order valence-corrected chi connectivity index (χ2v) is 5.08. The Kier molecular flexibility index (Phi) is 2.81.